The molecule has 1 unspecified atom stereocenters. The first-order valence-corrected chi connectivity index (χ1v) is 9.57. The summed E-state index contributed by atoms with van der Waals surface area (Å²) in [5.74, 6) is -1.13. The topological polar surface area (TPSA) is 76.9 Å². The third-order valence-corrected chi connectivity index (χ3v) is 5.30. The second kappa shape index (κ2) is 7.96. The Balaban J connectivity index is 1.33. The predicted octanol–water partition coefficient (Wildman–Crippen LogP) is 1.73. The van der Waals surface area contributed by atoms with Crippen molar-refractivity contribution >= 4 is 23.6 Å². The summed E-state index contributed by atoms with van der Waals surface area (Å²) in [5, 5.41) is 14.4. The molecule has 6 nitrogen and oxygen atoms in total. The van der Waals surface area contributed by atoms with Gasteiger partial charge in [-0.05, 0) is 30.5 Å². The van der Waals surface area contributed by atoms with Crippen LogP contribution in [0.5, 0.6) is 0 Å². The Kier molecular flexibility index (Phi) is 5.23. The number of rotatable bonds is 2. The predicted molar refractivity (Wildman–Crippen MR) is 107 cm³/mol. The van der Waals surface area contributed by atoms with Crippen molar-refractivity contribution in [3.63, 3.8) is 0 Å². The highest BCUT2D eigenvalue weighted by molar-refractivity contribution is 6.39. The fourth-order valence-corrected chi connectivity index (χ4v) is 3.78. The van der Waals surface area contributed by atoms with Gasteiger partial charge in [0.05, 0.1) is 0 Å². The average Bonchev–Trinajstić information content (AvgIpc) is 3.08. The first-order valence-electron chi connectivity index (χ1n) is 9.57. The molecule has 1 saturated heterocycles. The van der Waals surface area contributed by atoms with E-state index in [4.69, 9.17) is 0 Å². The number of nitrogens with one attached hydrogen (secondary N) is 2. The van der Waals surface area contributed by atoms with Gasteiger partial charge in [0.25, 0.3) is 0 Å². The van der Waals surface area contributed by atoms with Crippen LogP contribution in [0.1, 0.15) is 29.5 Å². The minimum absolute atomic E-state index is 0.183. The van der Waals surface area contributed by atoms with Crippen molar-refractivity contribution in [3.05, 3.63) is 76.0 Å². The lowest BCUT2D eigenvalue weighted by atomic mass is 10.0. The summed E-state index contributed by atoms with van der Waals surface area (Å²) in [4.78, 5) is 26.5. The molecule has 0 saturated carbocycles. The fraction of sp³-hybridized carbons (Fsp3) is 0.273. The van der Waals surface area contributed by atoms with Gasteiger partial charge in [0, 0.05) is 29.9 Å². The Hall–Kier alpha value is -2.96. The van der Waals surface area contributed by atoms with Crippen LogP contribution in [0.2, 0.25) is 0 Å². The van der Waals surface area contributed by atoms with E-state index in [9.17, 15) is 14.8 Å². The molecule has 2 heterocycles. The van der Waals surface area contributed by atoms with E-state index in [1.807, 2.05) is 24.3 Å². The number of fused-ring (bicyclic) bond motifs is 1. The van der Waals surface area contributed by atoms with Gasteiger partial charge in [0.2, 0.25) is 0 Å². The minimum atomic E-state index is -0.625. The van der Waals surface area contributed by atoms with Gasteiger partial charge in [0.15, 0.2) is 0 Å². The number of hydrogen-bond acceptors (Lipinski definition) is 3. The number of hydroxylamine groups is 2. The summed E-state index contributed by atoms with van der Waals surface area (Å²) < 4.78 is 0. The summed E-state index contributed by atoms with van der Waals surface area (Å²) in [6, 6.07) is 15.5. The maximum atomic E-state index is 12.5. The Morgan fingerprint density at radius 2 is 1.71 bits per heavy atom. The Bertz CT molecular complexity index is 914. The van der Waals surface area contributed by atoms with Crippen LogP contribution in [-0.4, -0.2) is 29.8 Å². The standard InChI is InChI=1S/C22H23N3O3/c26-21(23-20-7-6-18-14-25(28)15-19(18)13-20)22(27)24-10-8-17(9-11-24)12-16-4-2-1-3-5-16/h1-7,12-13,25H,8-11,14-15H2,(H,23,26). The normalized spacial score (nSPS) is 18.5. The van der Waals surface area contributed by atoms with Gasteiger partial charge < -0.3 is 20.5 Å². The molecular formula is C22H23N3O3. The second-order valence-corrected chi connectivity index (χ2v) is 7.34. The van der Waals surface area contributed by atoms with Crippen molar-refractivity contribution < 1.29 is 14.7 Å². The quantitative estimate of drug-likeness (QED) is 0.618. The molecule has 1 fully saturated rings. The fourth-order valence-electron chi connectivity index (χ4n) is 3.78. The van der Waals surface area contributed by atoms with Gasteiger partial charge in [-0.25, -0.2) is 0 Å². The molecule has 4 rings (SSSR count). The van der Waals surface area contributed by atoms with E-state index in [-0.39, 0.29) is 5.06 Å². The molecule has 0 spiro atoms. The largest absolute Gasteiger partial charge is 0.634 e. The van der Waals surface area contributed by atoms with Crippen molar-refractivity contribution in [2.45, 2.75) is 25.9 Å². The number of amides is 2. The molecule has 2 amide bonds. The van der Waals surface area contributed by atoms with E-state index in [0.717, 1.165) is 29.5 Å². The third-order valence-electron chi connectivity index (χ3n) is 5.30. The van der Waals surface area contributed by atoms with Crippen LogP contribution in [0.25, 0.3) is 6.08 Å². The van der Waals surface area contributed by atoms with E-state index < -0.39 is 11.8 Å². The molecule has 2 aromatic carbocycles. The van der Waals surface area contributed by atoms with E-state index in [0.29, 0.717) is 31.9 Å². The molecule has 2 aliphatic heterocycles. The van der Waals surface area contributed by atoms with E-state index in [1.54, 1.807) is 17.0 Å². The number of carbonyl (C=O) groups is 2. The molecule has 0 bridgehead atoms. The SMILES string of the molecule is O=C(Nc1ccc2c(c1)C[NH+]([O-])C2)C(=O)N1CCC(=Cc2ccccc2)CC1. The van der Waals surface area contributed by atoms with Crippen molar-refractivity contribution in [3.8, 4) is 0 Å². The summed E-state index contributed by atoms with van der Waals surface area (Å²) >= 11 is 0. The number of anilines is 1. The summed E-state index contributed by atoms with van der Waals surface area (Å²) in [6.45, 7) is 1.94. The third kappa shape index (κ3) is 4.13. The maximum absolute atomic E-state index is 12.5. The number of hydrogen-bond donors (Lipinski definition) is 2. The lowest BCUT2D eigenvalue weighted by Crippen LogP contribution is -3.02. The molecule has 0 aliphatic carbocycles. The Morgan fingerprint density at radius 1 is 1.00 bits per heavy atom. The smallest absolute Gasteiger partial charge is 0.313 e. The summed E-state index contributed by atoms with van der Waals surface area (Å²) in [5.41, 5.74) is 4.95. The van der Waals surface area contributed by atoms with Crippen LogP contribution in [-0.2, 0) is 22.7 Å². The second-order valence-electron chi connectivity index (χ2n) is 7.34. The molecule has 0 radical (unpaired) electrons. The Labute approximate surface area is 164 Å². The van der Waals surface area contributed by atoms with Crippen molar-refractivity contribution in [2.24, 2.45) is 0 Å². The van der Waals surface area contributed by atoms with Gasteiger partial charge in [-0.2, -0.15) is 0 Å². The maximum Gasteiger partial charge on any atom is 0.313 e. The van der Waals surface area contributed by atoms with E-state index in [2.05, 4.69) is 23.5 Å². The zero-order valence-electron chi connectivity index (χ0n) is 15.6. The van der Waals surface area contributed by atoms with Crippen LogP contribution in [0, 0.1) is 5.21 Å². The monoisotopic (exact) mass is 377 g/mol. The lowest BCUT2D eigenvalue weighted by Gasteiger charge is -2.28. The van der Waals surface area contributed by atoms with Crippen molar-refractivity contribution in [2.75, 3.05) is 18.4 Å². The number of carbonyl (C=O) groups excluding carboxylic acids is 2. The first-order chi connectivity index (χ1) is 13.6. The summed E-state index contributed by atoms with van der Waals surface area (Å²) in [6.07, 6.45) is 3.71. The van der Waals surface area contributed by atoms with Crippen LogP contribution >= 0.6 is 0 Å². The first kappa shape index (κ1) is 18.4. The van der Waals surface area contributed by atoms with Crippen LogP contribution < -0.4 is 10.4 Å². The highest BCUT2D eigenvalue weighted by atomic mass is 16.5. The van der Waals surface area contributed by atoms with Crippen molar-refractivity contribution in [1.82, 2.24) is 4.90 Å². The number of nitrogens with zero attached hydrogens (tertiary/aromatic N) is 1. The van der Waals surface area contributed by atoms with Gasteiger partial charge in [0.1, 0.15) is 13.1 Å². The van der Waals surface area contributed by atoms with E-state index in [1.165, 1.54) is 5.57 Å². The number of piperidine rings is 1. The molecule has 2 N–H and O–H groups in total. The highest BCUT2D eigenvalue weighted by Gasteiger charge is 2.25. The molecule has 0 aromatic heterocycles. The zero-order chi connectivity index (χ0) is 19.5. The molecule has 144 valence electrons. The average molecular weight is 377 g/mol. The van der Waals surface area contributed by atoms with Gasteiger partial charge in [-0.1, -0.05) is 48.0 Å². The zero-order valence-corrected chi connectivity index (χ0v) is 15.6. The molecule has 28 heavy (non-hydrogen) atoms. The Morgan fingerprint density at radius 3 is 2.46 bits per heavy atom. The van der Waals surface area contributed by atoms with Gasteiger partial charge in [-0.15, -0.1) is 0 Å². The van der Waals surface area contributed by atoms with Gasteiger partial charge in [-0.3, -0.25) is 9.59 Å². The summed E-state index contributed by atoms with van der Waals surface area (Å²) in [7, 11) is 0. The molecular weight excluding hydrogens is 354 g/mol. The molecule has 2 aromatic rings. The highest BCUT2D eigenvalue weighted by Crippen LogP contribution is 2.21. The van der Waals surface area contributed by atoms with Gasteiger partial charge >= 0.3 is 11.8 Å². The lowest BCUT2D eigenvalue weighted by molar-refractivity contribution is -0.869. The number of likely N-dealkylation sites (tertiary alicyclic amines) is 1. The van der Waals surface area contributed by atoms with Crippen LogP contribution in [0.4, 0.5) is 5.69 Å². The molecule has 6 heteroatoms. The van der Waals surface area contributed by atoms with E-state index >= 15 is 0 Å². The number of quaternary nitrogens is 1. The molecule has 1 atom stereocenters. The molecule has 2 aliphatic rings. The van der Waals surface area contributed by atoms with Crippen LogP contribution in [0.3, 0.4) is 0 Å². The minimum Gasteiger partial charge on any atom is -0.634 e. The van der Waals surface area contributed by atoms with Crippen molar-refractivity contribution in [1.29, 1.82) is 0 Å². The van der Waals surface area contributed by atoms with Crippen LogP contribution in [0.15, 0.2) is 54.1 Å². The number of benzene rings is 2.